The van der Waals surface area contributed by atoms with Crippen molar-refractivity contribution in [3.05, 3.63) is 15.5 Å². The van der Waals surface area contributed by atoms with Gasteiger partial charge in [0.25, 0.3) is 0 Å². The van der Waals surface area contributed by atoms with Crippen LogP contribution in [0.5, 0.6) is 0 Å². The maximum absolute atomic E-state index is 11.7. The lowest BCUT2D eigenvalue weighted by atomic mass is 10.1. The summed E-state index contributed by atoms with van der Waals surface area (Å²) in [6.45, 7) is 1.96. The summed E-state index contributed by atoms with van der Waals surface area (Å²) in [6.07, 6.45) is 0.331. The topological polar surface area (TPSA) is 79.7 Å². The number of aromatic nitrogens is 1. The number of morpholine rings is 1. The Balaban J connectivity index is 2.39. The van der Waals surface area contributed by atoms with E-state index in [4.69, 9.17) is 21.4 Å². The van der Waals surface area contributed by atoms with E-state index < -0.39 is 18.1 Å². The lowest BCUT2D eigenvalue weighted by Crippen LogP contribution is -2.51. The van der Waals surface area contributed by atoms with Gasteiger partial charge in [0.2, 0.25) is 5.91 Å². The highest BCUT2D eigenvalue weighted by Gasteiger charge is 2.42. The smallest absolute Gasteiger partial charge is 0.335 e. The van der Waals surface area contributed by atoms with Crippen LogP contribution in [0.3, 0.4) is 0 Å². The number of nitrogens with zero attached hydrogens (tertiary/aromatic N) is 2. The van der Waals surface area contributed by atoms with Gasteiger partial charge in [0.1, 0.15) is 22.0 Å². The van der Waals surface area contributed by atoms with Gasteiger partial charge in [0.05, 0.1) is 6.20 Å². The Hall–Kier alpha value is -1.18. The number of halogens is 1. The standard InChI is InChI=1S/C10H11ClN2O4S/c1-2-13-6(14)4-17-8(10(15)16)7(13)9-12-3-5(11)18-9/h3,7-8H,2,4H2,1H3,(H,15,16). The predicted octanol–water partition coefficient (Wildman–Crippen LogP) is 1.17. The number of thiazole rings is 1. The molecule has 0 saturated carbocycles. The first kappa shape index (κ1) is 13.3. The Morgan fingerprint density at radius 2 is 2.50 bits per heavy atom. The first-order valence-corrected chi connectivity index (χ1v) is 6.49. The number of hydrogen-bond donors (Lipinski definition) is 1. The predicted molar refractivity (Wildman–Crippen MR) is 64.6 cm³/mol. The molecule has 1 aliphatic rings. The highest BCUT2D eigenvalue weighted by Crippen LogP contribution is 2.34. The second-order valence-electron chi connectivity index (χ2n) is 3.70. The van der Waals surface area contributed by atoms with Crippen molar-refractivity contribution in [3.8, 4) is 0 Å². The summed E-state index contributed by atoms with van der Waals surface area (Å²) < 4.78 is 5.54. The summed E-state index contributed by atoms with van der Waals surface area (Å²) in [5.74, 6) is -1.36. The normalized spacial score (nSPS) is 24.3. The summed E-state index contributed by atoms with van der Waals surface area (Å²) in [6, 6.07) is -0.716. The second-order valence-corrected chi connectivity index (χ2v) is 5.39. The molecule has 2 atom stereocenters. The molecule has 2 rings (SSSR count). The molecule has 8 heteroatoms. The van der Waals surface area contributed by atoms with Gasteiger partial charge in [0.15, 0.2) is 6.10 Å². The zero-order valence-electron chi connectivity index (χ0n) is 9.50. The van der Waals surface area contributed by atoms with E-state index in [1.54, 1.807) is 6.92 Å². The van der Waals surface area contributed by atoms with Gasteiger partial charge >= 0.3 is 5.97 Å². The van der Waals surface area contributed by atoms with Crippen molar-refractivity contribution in [2.24, 2.45) is 0 Å². The average molecular weight is 291 g/mol. The minimum Gasteiger partial charge on any atom is -0.479 e. The fourth-order valence-corrected chi connectivity index (χ4v) is 2.97. The number of ether oxygens (including phenoxy) is 1. The number of hydrogen-bond acceptors (Lipinski definition) is 5. The largest absolute Gasteiger partial charge is 0.479 e. The molecule has 1 aromatic rings. The highest BCUT2D eigenvalue weighted by molar-refractivity contribution is 7.15. The number of aliphatic carboxylic acids is 1. The van der Waals surface area contributed by atoms with Gasteiger partial charge in [-0.3, -0.25) is 4.79 Å². The van der Waals surface area contributed by atoms with Crippen LogP contribution in [0.4, 0.5) is 0 Å². The third-order valence-corrected chi connectivity index (χ3v) is 3.85. The molecular formula is C10H11ClN2O4S. The van der Waals surface area contributed by atoms with Gasteiger partial charge in [-0.15, -0.1) is 11.3 Å². The minimum absolute atomic E-state index is 0.222. The number of rotatable bonds is 3. The Morgan fingerprint density at radius 1 is 1.78 bits per heavy atom. The van der Waals surface area contributed by atoms with E-state index in [0.29, 0.717) is 15.9 Å². The zero-order valence-corrected chi connectivity index (χ0v) is 11.1. The summed E-state index contributed by atoms with van der Waals surface area (Å²) in [4.78, 5) is 28.4. The first-order chi connectivity index (χ1) is 8.54. The maximum atomic E-state index is 11.7. The summed E-state index contributed by atoms with van der Waals surface area (Å²) >= 11 is 6.95. The monoisotopic (exact) mass is 290 g/mol. The lowest BCUT2D eigenvalue weighted by molar-refractivity contribution is -0.172. The molecule has 1 amide bonds. The number of carboxylic acid groups (broad SMARTS) is 1. The van der Waals surface area contributed by atoms with Gasteiger partial charge in [-0.1, -0.05) is 11.6 Å². The molecule has 1 fully saturated rings. The van der Waals surface area contributed by atoms with Crippen molar-refractivity contribution >= 4 is 34.8 Å². The van der Waals surface area contributed by atoms with Crippen LogP contribution < -0.4 is 0 Å². The number of carbonyl (C=O) groups excluding carboxylic acids is 1. The Bertz CT molecular complexity index is 476. The minimum atomic E-state index is -1.11. The van der Waals surface area contributed by atoms with Gasteiger partial charge in [-0.2, -0.15) is 0 Å². The van der Waals surface area contributed by atoms with Crippen molar-refractivity contribution in [1.82, 2.24) is 9.88 Å². The molecule has 2 unspecified atom stereocenters. The molecule has 0 radical (unpaired) electrons. The maximum Gasteiger partial charge on any atom is 0.335 e. The van der Waals surface area contributed by atoms with E-state index in [1.807, 2.05) is 0 Å². The fraction of sp³-hybridized carbons (Fsp3) is 0.500. The SMILES string of the molecule is CCN1C(=O)COC(C(=O)O)C1c1ncc(Cl)s1. The van der Waals surface area contributed by atoms with Crippen molar-refractivity contribution < 1.29 is 19.4 Å². The van der Waals surface area contributed by atoms with E-state index >= 15 is 0 Å². The molecule has 18 heavy (non-hydrogen) atoms. The molecule has 98 valence electrons. The van der Waals surface area contributed by atoms with E-state index in [1.165, 1.54) is 11.1 Å². The third kappa shape index (κ3) is 2.33. The van der Waals surface area contributed by atoms with E-state index in [0.717, 1.165) is 11.3 Å². The van der Waals surface area contributed by atoms with E-state index in [-0.39, 0.29) is 12.5 Å². The molecular weight excluding hydrogens is 280 g/mol. The zero-order chi connectivity index (χ0) is 13.3. The summed E-state index contributed by atoms with van der Waals surface area (Å²) in [5.41, 5.74) is 0. The molecule has 2 heterocycles. The molecule has 0 spiro atoms. The van der Waals surface area contributed by atoms with Crippen molar-refractivity contribution in [2.45, 2.75) is 19.1 Å². The number of amides is 1. The van der Waals surface area contributed by atoms with E-state index in [2.05, 4.69) is 4.98 Å². The molecule has 1 saturated heterocycles. The van der Waals surface area contributed by atoms with Crippen LogP contribution in [0.1, 0.15) is 18.0 Å². The summed E-state index contributed by atoms with van der Waals surface area (Å²) in [5, 5.41) is 9.63. The van der Waals surface area contributed by atoms with Gasteiger partial charge < -0.3 is 14.7 Å². The number of carbonyl (C=O) groups is 2. The van der Waals surface area contributed by atoms with Crippen molar-refractivity contribution in [2.75, 3.05) is 13.2 Å². The van der Waals surface area contributed by atoms with Gasteiger partial charge in [0, 0.05) is 6.54 Å². The average Bonchev–Trinajstić information content (AvgIpc) is 2.74. The molecule has 0 bridgehead atoms. The number of carboxylic acids is 1. The van der Waals surface area contributed by atoms with E-state index in [9.17, 15) is 9.59 Å². The molecule has 1 N–H and O–H groups in total. The quantitative estimate of drug-likeness (QED) is 0.904. The van der Waals surface area contributed by atoms with Crippen LogP contribution in [-0.4, -0.2) is 46.1 Å². The highest BCUT2D eigenvalue weighted by atomic mass is 35.5. The van der Waals surface area contributed by atoms with Crippen LogP contribution in [-0.2, 0) is 14.3 Å². The van der Waals surface area contributed by atoms with Crippen molar-refractivity contribution in [3.63, 3.8) is 0 Å². The molecule has 6 nitrogen and oxygen atoms in total. The van der Waals surface area contributed by atoms with Crippen LogP contribution in [0.25, 0.3) is 0 Å². The first-order valence-electron chi connectivity index (χ1n) is 5.29. The fourth-order valence-electron chi connectivity index (χ4n) is 1.90. The molecule has 0 aromatic carbocycles. The molecule has 1 aromatic heterocycles. The Morgan fingerprint density at radius 3 is 3.00 bits per heavy atom. The molecule has 1 aliphatic heterocycles. The van der Waals surface area contributed by atoms with Crippen LogP contribution in [0, 0.1) is 0 Å². The number of likely N-dealkylation sites (N-methyl/N-ethyl adjacent to an activating group) is 1. The molecule has 0 aliphatic carbocycles. The second kappa shape index (κ2) is 5.21. The van der Waals surface area contributed by atoms with Crippen LogP contribution >= 0.6 is 22.9 Å². The lowest BCUT2D eigenvalue weighted by Gasteiger charge is -2.37. The van der Waals surface area contributed by atoms with Gasteiger partial charge in [-0.05, 0) is 6.92 Å². The van der Waals surface area contributed by atoms with Crippen LogP contribution in [0.2, 0.25) is 4.34 Å². The Labute approximate surface area is 112 Å². The van der Waals surface area contributed by atoms with Crippen molar-refractivity contribution in [1.29, 1.82) is 0 Å². The van der Waals surface area contributed by atoms with Crippen LogP contribution in [0.15, 0.2) is 6.20 Å². The summed E-state index contributed by atoms with van der Waals surface area (Å²) in [7, 11) is 0. The Kier molecular flexibility index (Phi) is 3.84. The van der Waals surface area contributed by atoms with Gasteiger partial charge in [-0.25, -0.2) is 9.78 Å². The third-order valence-electron chi connectivity index (χ3n) is 2.66.